The van der Waals surface area contributed by atoms with Gasteiger partial charge in [0, 0.05) is 45.4 Å². The molecule has 1 unspecified atom stereocenters. The zero-order valence-electron chi connectivity index (χ0n) is 15.2. The highest BCUT2D eigenvalue weighted by molar-refractivity contribution is 14.0. The zero-order valence-corrected chi connectivity index (χ0v) is 17.5. The lowest BCUT2D eigenvalue weighted by Gasteiger charge is -2.38. The largest absolute Gasteiger partial charge is 0.383 e. The van der Waals surface area contributed by atoms with Crippen molar-refractivity contribution in [3.8, 4) is 0 Å². The van der Waals surface area contributed by atoms with Gasteiger partial charge in [0.2, 0.25) is 0 Å². The predicted octanol–water partition coefficient (Wildman–Crippen LogP) is 2.69. The van der Waals surface area contributed by atoms with Crippen molar-refractivity contribution in [3.63, 3.8) is 0 Å². The average molecular weight is 465 g/mol. The Bertz CT molecular complexity index is 534. The number of nitrogens with zero attached hydrogens (tertiary/aromatic N) is 1. The fourth-order valence-corrected chi connectivity index (χ4v) is 3.11. The van der Waals surface area contributed by atoms with Gasteiger partial charge in [0.15, 0.2) is 5.96 Å². The molecule has 0 bridgehead atoms. The van der Waals surface area contributed by atoms with Crippen LogP contribution in [0.4, 0.5) is 4.39 Å². The first-order valence-corrected chi connectivity index (χ1v) is 8.39. The summed E-state index contributed by atoms with van der Waals surface area (Å²) in [6, 6.07) is 6.98. The second-order valence-electron chi connectivity index (χ2n) is 6.33. The third-order valence-corrected chi connectivity index (χ3v) is 4.52. The molecule has 0 aromatic heterocycles. The smallest absolute Gasteiger partial charge is 0.191 e. The third-order valence-electron chi connectivity index (χ3n) is 4.52. The summed E-state index contributed by atoms with van der Waals surface area (Å²) in [5.74, 6) is 0.535. The molecule has 1 aromatic carbocycles. The number of benzene rings is 1. The fraction of sp³-hybridized carbons (Fsp3) is 0.611. The van der Waals surface area contributed by atoms with E-state index >= 15 is 0 Å². The van der Waals surface area contributed by atoms with Crippen LogP contribution in [0, 0.1) is 5.82 Å². The average Bonchev–Trinajstić information content (AvgIpc) is 2.60. The Labute approximate surface area is 166 Å². The maximum absolute atomic E-state index is 13.3. The Balaban J connectivity index is 0.00000312. The quantitative estimate of drug-likeness (QED) is 0.386. The summed E-state index contributed by atoms with van der Waals surface area (Å²) in [6.45, 7) is 4.80. The molecule has 1 fully saturated rings. The minimum Gasteiger partial charge on any atom is -0.383 e. The van der Waals surface area contributed by atoms with Crippen LogP contribution in [0.5, 0.6) is 0 Å². The normalized spacial score (nSPS) is 18.2. The molecule has 1 aromatic rings. The van der Waals surface area contributed by atoms with Gasteiger partial charge in [-0.05, 0) is 37.5 Å². The predicted molar refractivity (Wildman–Crippen MR) is 109 cm³/mol. The maximum atomic E-state index is 13.3. The van der Waals surface area contributed by atoms with Crippen molar-refractivity contribution in [2.75, 3.05) is 40.5 Å². The molecule has 1 aliphatic rings. The number of halogens is 2. The van der Waals surface area contributed by atoms with E-state index in [-0.39, 0.29) is 41.3 Å². The first kappa shape index (κ1) is 22.1. The number of guanidine groups is 1. The number of hydrogen-bond acceptors (Lipinski definition) is 3. The molecule has 2 N–H and O–H groups in total. The molecule has 0 saturated carbocycles. The lowest BCUT2D eigenvalue weighted by atomic mass is 9.74. The first-order valence-electron chi connectivity index (χ1n) is 8.39. The van der Waals surface area contributed by atoms with Gasteiger partial charge in [-0.3, -0.25) is 4.99 Å². The highest BCUT2D eigenvalue weighted by Gasteiger charge is 2.34. The number of nitrogens with one attached hydrogen (secondary N) is 2. The van der Waals surface area contributed by atoms with Gasteiger partial charge >= 0.3 is 0 Å². The number of rotatable bonds is 6. The van der Waals surface area contributed by atoms with Crippen molar-refractivity contribution in [1.29, 1.82) is 0 Å². The number of hydrogen-bond donors (Lipinski definition) is 2. The molecule has 7 heteroatoms. The van der Waals surface area contributed by atoms with Crippen LogP contribution in [0.3, 0.4) is 0 Å². The highest BCUT2D eigenvalue weighted by Crippen LogP contribution is 2.34. The van der Waals surface area contributed by atoms with Gasteiger partial charge in [-0.15, -0.1) is 24.0 Å². The second-order valence-corrected chi connectivity index (χ2v) is 6.33. The number of ether oxygens (including phenoxy) is 2. The van der Waals surface area contributed by atoms with Gasteiger partial charge in [-0.25, -0.2) is 4.39 Å². The van der Waals surface area contributed by atoms with Crippen LogP contribution in [0.15, 0.2) is 29.3 Å². The van der Waals surface area contributed by atoms with E-state index in [1.807, 2.05) is 19.1 Å². The van der Waals surface area contributed by atoms with Crippen molar-refractivity contribution in [3.05, 3.63) is 35.6 Å². The van der Waals surface area contributed by atoms with E-state index in [1.165, 1.54) is 12.1 Å². The number of methoxy groups -OCH3 is 1. The van der Waals surface area contributed by atoms with E-state index in [0.717, 1.165) is 30.9 Å². The molecule has 25 heavy (non-hydrogen) atoms. The van der Waals surface area contributed by atoms with Gasteiger partial charge in [0.25, 0.3) is 0 Å². The standard InChI is InChI=1S/C18H28FN3O2.HI/c1-14(12-23-3)22-17(20-2)21-13-18(8-10-24-11-9-18)15-4-6-16(19)7-5-15;/h4-7,14H,8-13H2,1-3H3,(H2,20,21,22);1H. The summed E-state index contributed by atoms with van der Waals surface area (Å²) in [4.78, 5) is 4.28. The van der Waals surface area contributed by atoms with Crippen LogP contribution in [0.25, 0.3) is 0 Å². The maximum Gasteiger partial charge on any atom is 0.191 e. The van der Waals surface area contributed by atoms with E-state index in [0.29, 0.717) is 19.8 Å². The third kappa shape index (κ3) is 6.38. The van der Waals surface area contributed by atoms with Crippen molar-refractivity contribution in [1.82, 2.24) is 10.6 Å². The molecule has 0 amide bonds. The Morgan fingerprint density at radius 1 is 1.32 bits per heavy atom. The Morgan fingerprint density at radius 2 is 1.96 bits per heavy atom. The molecule has 1 heterocycles. The molecule has 142 valence electrons. The molecular weight excluding hydrogens is 436 g/mol. The minimum absolute atomic E-state index is 0. The fourth-order valence-electron chi connectivity index (χ4n) is 3.11. The van der Waals surface area contributed by atoms with E-state index in [4.69, 9.17) is 9.47 Å². The van der Waals surface area contributed by atoms with Gasteiger partial charge < -0.3 is 20.1 Å². The van der Waals surface area contributed by atoms with E-state index in [9.17, 15) is 4.39 Å². The topological polar surface area (TPSA) is 54.9 Å². The molecule has 5 nitrogen and oxygen atoms in total. The molecular formula is C18H29FIN3O2. The second kappa shape index (κ2) is 10.9. The first-order chi connectivity index (χ1) is 11.6. The lowest BCUT2D eigenvalue weighted by Crippen LogP contribution is -2.50. The molecule has 0 spiro atoms. The van der Waals surface area contributed by atoms with Crippen LogP contribution in [-0.4, -0.2) is 52.5 Å². The molecule has 1 atom stereocenters. The lowest BCUT2D eigenvalue weighted by molar-refractivity contribution is 0.0513. The van der Waals surface area contributed by atoms with Crippen molar-refractivity contribution < 1.29 is 13.9 Å². The summed E-state index contributed by atoms with van der Waals surface area (Å²) in [5.41, 5.74) is 1.06. The Morgan fingerprint density at radius 3 is 2.52 bits per heavy atom. The van der Waals surface area contributed by atoms with Gasteiger partial charge in [0.1, 0.15) is 5.82 Å². The zero-order chi connectivity index (χ0) is 17.4. The van der Waals surface area contributed by atoms with Crippen LogP contribution >= 0.6 is 24.0 Å². The highest BCUT2D eigenvalue weighted by atomic mass is 127. The van der Waals surface area contributed by atoms with Crippen LogP contribution in [-0.2, 0) is 14.9 Å². The van der Waals surface area contributed by atoms with Gasteiger partial charge in [0.05, 0.1) is 6.61 Å². The molecule has 1 saturated heterocycles. The molecule has 0 radical (unpaired) electrons. The molecule has 1 aliphatic heterocycles. The summed E-state index contributed by atoms with van der Waals surface area (Å²) >= 11 is 0. The summed E-state index contributed by atoms with van der Waals surface area (Å²) in [6.07, 6.45) is 1.80. The van der Waals surface area contributed by atoms with Crippen LogP contribution in [0.2, 0.25) is 0 Å². The van der Waals surface area contributed by atoms with Gasteiger partial charge in [-0.1, -0.05) is 12.1 Å². The van der Waals surface area contributed by atoms with Crippen LogP contribution < -0.4 is 10.6 Å². The van der Waals surface area contributed by atoms with Crippen molar-refractivity contribution in [2.24, 2.45) is 4.99 Å². The van der Waals surface area contributed by atoms with E-state index < -0.39 is 0 Å². The molecule has 0 aliphatic carbocycles. The Kier molecular flexibility index (Phi) is 9.66. The van der Waals surface area contributed by atoms with E-state index in [2.05, 4.69) is 15.6 Å². The SMILES string of the molecule is CN=C(NCC1(c2ccc(F)cc2)CCOCC1)NC(C)COC.I. The summed E-state index contributed by atoms with van der Waals surface area (Å²) < 4.78 is 24.0. The van der Waals surface area contributed by atoms with Crippen molar-refractivity contribution >= 4 is 29.9 Å². The number of aliphatic imine (C=N–C) groups is 1. The van der Waals surface area contributed by atoms with Gasteiger partial charge in [-0.2, -0.15) is 0 Å². The minimum atomic E-state index is -0.209. The molecule has 2 rings (SSSR count). The Hall–Kier alpha value is -0.930. The monoisotopic (exact) mass is 465 g/mol. The summed E-state index contributed by atoms with van der Waals surface area (Å²) in [7, 11) is 3.43. The van der Waals surface area contributed by atoms with E-state index in [1.54, 1.807) is 14.2 Å². The summed E-state index contributed by atoms with van der Waals surface area (Å²) in [5, 5.41) is 6.72. The van der Waals surface area contributed by atoms with Crippen molar-refractivity contribution in [2.45, 2.75) is 31.2 Å². The van der Waals surface area contributed by atoms with Crippen LogP contribution in [0.1, 0.15) is 25.3 Å².